The summed E-state index contributed by atoms with van der Waals surface area (Å²) in [7, 11) is 1.61. The van der Waals surface area contributed by atoms with Crippen LogP contribution in [0.5, 0.6) is 0 Å². The third-order valence-electron chi connectivity index (χ3n) is 5.74. The number of nitrogens with zero attached hydrogens (tertiary/aromatic N) is 2. The highest BCUT2D eigenvalue weighted by atomic mass is 35.5. The first-order valence-electron chi connectivity index (χ1n) is 10.4. The molecule has 0 bridgehead atoms. The minimum atomic E-state index is -0.360. The zero-order valence-corrected chi connectivity index (χ0v) is 18.4. The van der Waals surface area contributed by atoms with E-state index in [1.54, 1.807) is 36.3 Å². The summed E-state index contributed by atoms with van der Waals surface area (Å²) < 4.78 is 5.31. The molecule has 0 saturated carbocycles. The summed E-state index contributed by atoms with van der Waals surface area (Å²) in [6.45, 7) is 1.03. The van der Waals surface area contributed by atoms with Gasteiger partial charge in [0, 0.05) is 24.8 Å². The van der Waals surface area contributed by atoms with Crippen molar-refractivity contribution < 1.29 is 9.53 Å². The van der Waals surface area contributed by atoms with E-state index in [4.69, 9.17) is 16.3 Å². The summed E-state index contributed by atoms with van der Waals surface area (Å²) in [6, 6.07) is 17.8. The number of methoxy groups -OCH3 is 1. The minimum absolute atomic E-state index is 0.0471. The zero-order valence-electron chi connectivity index (χ0n) is 17.6. The van der Waals surface area contributed by atoms with E-state index in [0.717, 1.165) is 12.8 Å². The Labute approximate surface area is 191 Å². The average molecular weight is 448 g/mol. The number of aromatic nitrogens is 1. The molecule has 1 amide bonds. The SMILES string of the molecule is COCC1CCCN1C(=O)c1cc(-c2ccccc2)c(=O)[nH]c1-c1c(Cl)cccc1C#N. The quantitative estimate of drug-likeness (QED) is 0.624. The number of nitrogens with one attached hydrogen (secondary N) is 1. The number of carbonyl (C=O) groups is 1. The number of carbonyl (C=O) groups excluding carboxylic acids is 1. The molecule has 6 nitrogen and oxygen atoms in total. The van der Waals surface area contributed by atoms with Gasteiger partial charge in [-0.15, -0.1) is 0 Å². The molecule has 3 aromatic rings. The standard InChI is InChI=1S/C25H22ClN3O3/c1-32-15-18-10-6-12-29(18)25(31)20-13-19(16-7-3-2-4-8-16)24(30)28-23(20)22-17(14-27)9-5-11-21(22)26/h2-5,7-9,11,13,18H,6,10,12,15H2,1H3,(H,28,30). The Morgan fingerprint density at radius 1 is 1.25 bits per heavy atom. The molecule has 2 aromatic carbocycles. The predicted molar refractivity (Wildman–Crippen MR) is 124 cm³/mol. The second kappa shape index (κ2) is 9.39. The van der Waals surface area contributed by atoms with E-state index in [0.29, 0.717) is 35.4 Å². The Balaban J connectivity index is 1.95. The molecule has 0 aliphatic carbocycles. The van der Waals surface area contributed by atoms with Crippen LogP contribution in [-0.4, -0.2) is 42.1 Å². The Kier molecular flexibility index (Phi) is 6.40. The molecule has 1 N–H and O–H groups in total. The highest BCUT2D eigenvalue weighted by molar-refractivity contribution is 6.33. The van der Waals surface area contributed by atoms with Gasteiger partial charge in [-0.3, -0.25) is 9.59 Å². The second-order valence-electron chi connectivity index (χ2n) is 7.69. The molecule has 1 aliphatic heterocycles. The molecule has 1 aromatic heterocycles. The van der Waals surface area contributed by atoms with Crippen molar-refractivity contribution in [1.29, 1.82) is 5.26 Å². The fourth-order valence-corrected chi connectivity index (χ4v) is 4.49. The van der Waals surface area contributed by atoms with E-state index in [2.05, 4.69) is 11.1 Å². The minimum Gasteiger partial charge on any atom is -0.383 e. The maximum atomic E-state index is 13.8. The molecule has 1 atom stereocenters. The lowest BCUT2D eigenvalue weighted by atomic mass is 9.96. The Morgan fingerprint density at radius 2 is 2.03 bits per heavy atom. The maximum Gasteiger partial charge on any atom is 0.256 e. The molecule has 2 heterocycles. The van der Waals surface area contributed by atoms with Crippen molar-refractivity contribution >= 4 is 17.5 Å². The summed E-state index contributed by atoms with van der Waals surface area (Å²) in [5.41, 5.74) is 1.90. The van der Waals surface area contributed by atoms with Crippen LogP contribution in [0.15, 0.2) is 59.4 Å². The molecule has 1 fully saturated rings. The molecule has 0 radical (unpaired) electrons. The summed E-state index contributed by atoms with van der Waals surface area (Å²) in [5.74, 6) is -0.225. The predicted octanol–water partition coefficient (Wildman–Crippen LogP) is 4.48. The first-order chi connectivity index (χ1) is 15.5. The van der Waals surface area contributed by atoms with Crippen LogP contribution >= 0.6 is 11.6 Å². The molecule has 32 heavy (non-hydrogen) atoms. The van der Waals surface area contributed by atoms with Crippen LogP contribution in [0.4, 0.5) is 0 Å². The molecule has 7 heteroatoms. The third kappa shape index (κ3) is 4.05. The largest absolute Gasteiger partial charge is 0.383 e. The van der Waals surface area contributed by atoms with Crippen LogP contribution in [0.1, 0.15) is 28.8 Å². The van der Waals surface area contributed by atoms with Crippen molar-refractivity contribution in [3.63, 3.8) is 0 Å². The Morgan fingerprint density at radius 3 is 2.75 bits per heavy atom. The van der Waals surface area contributed by atoms with Gasteiger partial charge in [0.2, 0.25) is 0 Å². The van der Waals surface area contributed by atoms with Crippen molar-refractivity contribution in [3.05, 3.63) is 81.1 Å². The Bertz CT molecular complexity index is 1250. The number of hydrogen-bond acceptors (Lipinski definition) is 4. The summed E-state index contributed by atoms with van der Waals surface area (Å²) in [5, 5.41) is 9.93. The number of rotatable bonds is 5. The summed E-state index contributed by atoms with van der Waals surface area (Å²) >= 11 is 6.45. The van der Waals surface area contributed by atoms with E-state index in [1.165, 1.54) is 0 Å². The van der Waals surface area contributed by atoms with Crippen LogP contribution in [0, 0.1) is 11.3 Å². The molecule has 1 aliphatic rings. The van der Waals surface area contributed by atoms with Crippen molar-refractivity contribution in [2.24, 2.45) is 0 Å². The number of pyridine rings is 1. The fourth-order valence-electron chi connectivity index (χ4n) is 4.22. The monoisotopic (exact) mass is 447 g/mol. The lowest BCUT2D eigenvalue weighted by molar-refractivity contribution is 0.0631. The number of H-pyrrole nitrogens is 1. The first kappa shape index (κ1) is 21.8. The first-order valence-corrected chi connectivity index (χ1v) is 10.7. The molecule has 1 unspecified atom stereocenters. The Hall–Kier alpha value is -3.40. The highest BCUT2D eigenvalue weighted by Crippen LogP contribution is 2.34. The van der Waals surface area contributed by atoms with E-state index >= 15 is 0 Å². The number of hydrogen-bond donors (Lipinski definition) is 1. The van der Waals surface area contributed by atoms with Crippen molar-refractivity contribution in [2.75, 3.05) is 20.3 Å². The second-order valence-corrected chi connectivity index (χ2v) is 8.10. The smallest absolute Gasteiger partial charge is 0.256 e. The van der Waals surface area contributed by atoms with Gasteiger partial charge < -0.3 is 14.6 Å². The fraction of sp³-hybridized carbons (Fsp3) is 0.240. The zero-order chi connectivity index (χ0) is 22.7. The average Bonchev–Trinajstić information content (AvgIpc) is 3.27. The van der Waals surface area contributed by atoms with E-state index in [9.17, 15) is 14.9 Å². The number of ether oxygens (including phenoxy) is 1. The van der Waals surface area contributed by atoms with Crippen LogP contribution in [0.3, 0.4) is 0 Å². The van der Waals surface area contributed by atoms with Gasteiger partial charge in [-0.05, 0) is 36.6 Å². The number of amides is 1. The van der Waals surface area contributed by atoms with E-state index < -0.39 is 0 Å². The molecule has 0 spiro atoms. The van der Waals surface area contributed by atoms with Crippen molar-refractivity contribution in [2.45, 2.75) is 18.9 Å². The maximum absolute atomic E-state index is 13.8. The van der Waals surface area contributed by atoms with Crippen LogP contribution in [0.25, 0.3) is 22.4 Å². The van der Waals surface area contributed by atoms with Crippen LogP contribution in [-0.2, 0) is 4.74 Å². The lowest BCUT2D eigenvalue weighted by Gasteiger charge is -2.25. The summed E-state index contributed by atoms with van der Waals surface area (Å²) in [6.07, 6.45) is 1.72. The molecule has 4 rings (SSSR count). The number of aromatic amines is 1. The van der Waals surface area contributed by atoms with Gasteiger partial charge in [-0.2, -0.15) is 5.26 Å². The van der Waals surface area contributed by atoms with E-state index in [1.807, 2.05) is 30.3 Å². The van der Waals surface area contributed by atoms with Gasteiger partial charge in [0.25, 0.3) is 11.5 Å². The van der Waals surface area contributed by atoms with Gasteiger partial charge in [-0.1, -0.05) is 48.0 Å². The van der Waals surface area contributed by atoms with Crippen molar-refractivity contribution in [3.8, 4) is 28.5 Å². The van der Waals surface area contributed by atoms with Crippen molar-refractivity contribution in [1.82, 2.24) is 9.88 Å². The molecule has 1 saturated heterocycles. The lowest BCUT2D eigenvalue weighted by Crippen LogP contribution is -2.38. The normalized spacial score (nSPS) is 15.5. The number of likely N-dealkylation sites (tertiary alicyclic amines) is 1. The third-order valence-corrected chi connectivity index (χ3v) is 6.05. The number of halogens is 1. The van der Waals surface area contributed by atoms with E-state index in [-0.39, 0.29) is 33.8 Å². The topological polar surface area (TPSA) is 86.2 Å². The van der Waals surface area contributed by atoms with Gasteiger partial charge >= 0.3 is 0 Å². The number of benzene rings is 2. The molecular weight excluding hydrogens is 426 g/mol. The van der Waals surface area contributed by atoms with Gasteiger partial charge in [0.15, 0.2) is 0 Å². The summed E-state index contributed by atoms with van der Waals surface area (Å²) in [4.78, 5) is 31.4. The van der Waals surface area contributed by atoms with Gasteiger partial charge in [-0.25, -0.2) is 0 Å². The van der Waals surface area contributed by atoms with Crippen LogP contribution in [0.2, 0.25) is 5.02 Å². The highest BCUT2D eigenvalue weighted by Gasteiger charge is 2.32. The van der Waals surface area contributed by atoms with Gasteiger partial charge in [0.05, 0.1) is 40.6 Å². The number of nitriles is 1. The molecular formula is C25H22ClN3O3. The molecule has 162 valence electrons. The van der Waals surface area contributed by atoms with Gasteiger partial charge in [0.1, 0.15) is 0 Å². The van der Waals surface area contributed by atoms with Crippen LogP contribution < -0.4 is 5.56 Å².